The fraction of sp³-hybridized carbons (Fsp3) is 0. The molecule has 0 amide bonds. The van der Waals surface area contributed by atoms with Gasteiger partial charge in [0, 0.05) is 5.02 Å². The second-order valence-corrected chi connectivity index (χ2v) is 9.47. The largest absolute Gasteiger partial charge is 0.0843 e. The zero-order valence-electron chi connectivity index (χ0n) is 19.0. The van der Waals surface area contributed by atoms with Crippen molar-refractivity contribution < 1.29 is 0 Å². The van der Waals surface area contributed by atoms with E-state index in [4.69, 9.17) is 11.6 Å². The molecule has 0 bridgehead atoms. The third kappa shape index (κ3) is 3.15. The molecule has 1 aliphatic rings. The Hall–Kier alpha value is -4.13. The van der Waals surface area contributed by atoms with Gasteiger partial charge in [-0.15, -0.1) is 0 Å². The highest BCUT2D eigenvalue weighted by Gasteiger charge is 2.28. The minimum absolute atomic E-state index is 0.757. The summed E-state index contributed by atoms with van der Waals surface area (Å²) in [6.45, 7) is 0. The maximum absolute atomic E-state index is 6.19. The molecule has 0 atom stereocenters. The van der Waals surface area contributed by atoms with Crippen molar-refractivity contribution in [2.45, 2.75) is 0 Å². The molecule has 1 heteroatoms. The molecular weight excluding hydrogens is 444 g/mol. The third-order valence-corrected chi connectivity index (χ3v) is 7.36. The highest BCUT2D eigenvalue weighted by molar-refractivity contribution is 6.30. The normalized spacial score (nSPS) is 11.6. The summed E-state index contributed by atoms with van der Waals surface area (Å²) in [6.07, 6.45) is 0. The van der Waals surface area contributed by atoms with Gasteiger partial charge in [0.15, 0.2) is 0 Å². The molecule has 6 aromatic rings. The smallest absolute Gasteiger partial charge is 0.0406 e. The molecule has 1 aliphatic carbocycles. The van der Waals surface area contributed by atoms with Gasteiger partial charge in [0.1, 0.15) is 0 Å². The zero-order valence-corrected chi connectivity index (χ0v) is 19.8. The van der Waals surface area contributed by atoms with Crippen molar-refractivity contribution in [1.29, 1.82) is 0 Å². The van der Waals surface area contributed by atoms with Gasteiger partial charge < -0.3 is 0 Å². The Bertz CT molecular complexity index is 1640. The lowest BCUT2D eigenvalue weighted by Crippen LogP contribution is -1.89. The standard InChI is InChI=1S/C34H21Cl/c35-25-16-14-24(15-17-25)26-18-21-31-32-29(26)12-7-13-30(32)33-27(22-8-3-1-4-9-22)19-20-28(34(31)33)23-10-5-2-6-11-23/h1-21H. The fourth-order valence-electron chi connectivity index (χ4n) is 5.58. The van der Waals surface area contributed by atoms with E-state index in [9.17, 15) is 0 Å². The van der Waals surface area contributed by atoms with Crippen LogP contribution in [-0.4, -0.2) is 0 Å². The van der Waals surface area contributed by atoms with Crippen LogP contribution < -0.4 is 0 Å². The molecule has 0 saturated heterocycles. The second-order valence-electron chi connectivity index (χ2n) is 9.04. The summed E-state index contributed by atoms with van der Waals surface area (Å²) in [5.74, 6) is 0. The van der Waals surface area contributed by atoms with Crippen LogP contribution in [0.3, 0.4) is 0 Å². The number of hydrogen-bond acceptors (Lipinski definition) is 0. The number of halogens is 1. The number of hydrogen-bond donors (Lipinski definition) is 0. The van der Waals surface area contributed by atoms with E-state index in [2.05, 4.69) is 115 Å². The molecular formula is C34H21Cl. The van der Waals surface area contributed by atoms with Crippen molar-refractivity contribution in [2.24, 2.45) is 0 Å². The highest BCUT2D eigenvalue weighted by Crippen LogP contribution is 2.55. The summed E-state index contributed by atoms with van der Waals surface area (Å²) in [5.41, 5.74) is 12.7. The van der Waals surface area contributed by atoms with Crippen LogP contribution in [0.2, 0.25) is 5.02 Å². The van der Waals surface area contributed by atoms with Crippen LogP contribution >= 0.6 is 11.6 Å². The van der Waals surface area contributed by atoms with E-state index in [-0.39, 0.29) is 0 Å². The van der Waals surface area contributed by atoms with Crippen LogP contribution in [-0.2, 0) is 0 Å². The topological polar surface area (TPSA) is 0 Å². The number of rotatable bonds is 3. The SMILES string of the molecule is Clc1ccc(-c2ccc3c4c(cccc24)-c2c(-c4ccccc4)ccc(-c4ccccc4)c2-3)cc1. The molecule has 0 heterocycles. The Balaban J connectivity index is 1.58. The van der Waals surface area contributed by atoms with Crippen LogP contribution in [0.25, 0.3) is 66.4 Å². The fourth-order valence-corrected chi connectivity index (χ4v) is 5.71. The van der Waals surface area contributed by atoms with Crippen LogP contribution in [0.5, 0.6) is 0 Å². The van der Waals surface area contributed by atoms with E-state index in [0.717, 1.165) is 5.02 Å². The predicted octanol–water partition coefficient (Wildman–Crippen LogP) is 10.1. The van der Waals surface area contributed by atoms with Gasteiger partial charge in [-0.2, -0.15) is 0 Å². The summed E-state index contributed by atoms with van der Waals surface area (Å²) < 4.78 is 0. The van der Waals surface area contributed by atoms with Gasteiger partial charge in [0.05, 0.1) is 0 Å². The first kappa shape index (κ1) is 20.3. The van der Waals surface area contributed by atoms with E-state index in [1.807, 2.05) is 12.1 Å². The summed E-state index contributed by atoms with van der Waals surface area (Å²) in [6, 6.07) is 45.5. The molecule has 0 nitrogen and oxygen atoms in total. The van der Waals surface area contributed by atoms with Crippen LogP contribution in [0.1, 0.15) is 0 Å². The molecule has 0 aromatic heterocycles. The molecule has 0 unspecified atom stereocenters. The van der Waals surface area contributed by atoms with E-state index < -0.39 is 0 Å². The average molecular weight is 465 g/mol. The summed E-state index contributed by atoms with van der Waals surface area (Å²) in [7, 11) is 0. The Morgan fingerprint density at radius 3 is 1.43 bits per heavy atom. The molecule has 0 radical (unpaired) electrons. The lowest BCUT2D eigenvalue weighted by atomic mass is 9.88. The van der Waals surface area contributed by atoms with E-state index in [1.54, 1.807) is 0 Å². The van der Waals surface area contributed by atoms with Crippen molar-refractivity contribution in [3.8, 4) is 55.6 Å². The minimum Gasteiger partial charge on any atom is -0.0843 e. The van der Waals surface area contributed by atoms with Crippen molar-refractivity contribution in [3.05, 3.63) is 132 Å². The Morgan fingerprint density at radius 2 is 0.829 bits per heavy atom. The van der Waals surface area contributed by atoms with Crippen LogP contribution in [0.15, 0.2) is 127 Å². The van der Waals surface area contributed by atoms with Crippen molar-refractivity contribution in [3.63, 3.8) is 0 Å². The zero-order chi connectivity index (χ0) is 23.4. The first-order chi connectivity index (χ1) is 17.3. The number of fused-ring (bicyclic) bond motifs is 3. The second kappa shape index (κ2) is 7.98. The minimum atomic E-state index is 0.757. The van der Waals surface area contributed by atoms with Crippen molar-refractivity contribution in [2.75, 3.05) is 0 Å². The van der Waals surface area contributed by atoms with Gasteiger partial charge in [-0.05, 0) is 78.5 Å². The Labute approximate surface area is 210 Å². The first-order valence-corrected chi connectivity index (χ1v) is 12.3. The predicted molar refractivity (Wildman–Crippen MR) is 150 cm³/mol. The maximum Gasteiger partial charge on any atom is 0.0406 e. The van der Waals surface area contributed by atoms with Gasteiger partial charge in [0.25, 0.3) is 0 Å². The van der Waals surface area contributed by atoms with Gasteiger partial charge >= 0.3 is 0 Å². The van der Waals surface area contributed by atoms with E-state index >= 15 is 0 Å². The summed E-state index contributed by atoms with van der Waals surface area (Å²) in [4.78, 5) is 0. The molecule has 0 aliphatic heterocycles. The molecule has 164 valence electrons. The van der Waals surface area contributed by atoms with Gasteiger partial charge in [-0.1, -0.05) is 127 Å². The maximum atomic E-state index is 6.19. The monoisotopic (exact) mass is 464 g/mol. The summed E-state index contributed by atoms with van der Waals surface area (Å²) >= 11 is 6.19. The molecule has 0 fully saturated rings. The van der Waals surface area contributed by atoms with Gasteiger partial charge in [-0.3, -0.25) is 0 Å². The quantitative estimate of drug-likeness (QED) is 0.244. The first-order valence-electron chi connectivity index (χ1n) is 11.9. The average Bonchev–Trinajstić information content (AvgIpc) is 3.26. The van der Waals surface area contributed by atoms with Gasteiger partial charge in [0.2, 0.25) is 0 Å². The van der Waals surface area contributed by atoms with E-state index in [1.165, 1.54) is 66.4 Å². The molecule has 0 N–H and O–H groups in total. The Kier molecular flexibility index (Phi) is 4.62. The van der Waals surface area contributed by atoms with Crippen LogP contribution in [0.4, 0.5) is 0 Å². The lowest BCUT2D eigenvalue weighted by molar-refractivity contribution is 1.59. The van der Waals surface area contributed by atoms with Crippen molar-refractivity contribution in [1.82, 2.24) is 0 Å². The molecule has 0 spiro atoms. The molecule has 0 saturated carbocycles. The summed E-state index contributed by atoms with van der Waals surface area (Å²) in [5, 5.41) is 3.36. The highest BCUT2D eigenvalue weighted by atomic mass is 35.5. The number of benzene rings is 6. The van der Waals surface area contributed by atoms with Crippen molar-refractivity contribution >= 4 is 22.4 Å². The van der Waals surface area contributed by atoms with E-state index in [0.29, 0.717) is 0 Å². The van der Waals surface area contributed by atoms with Crippen LogP contribution in [0, 0.1) is 0 Å². The lowest BCUT2D eigenvalue weighted by Gasteiger charge is -2.15. The third-order valence-electron chi connectivity index (χ3n) is 7.11. The van der Waals surface area contributed by atoms with Gasteiger partial charge in [-0.25, -0.2) is 0 Å². The Morgan fingerprint density at radius 1 is 0.343 bits per heavy atom. The molecule has 35 heavy (non-hydrogen) atoms. The molecule has 7 rings (SSSR count). The molecule has 6 aromatic carbocycles.